The monoisotopic (exact) mass is 799 g/mol. The molecule has 0 bridgehead atoms. The summed E-state index contributed by atoms with van der Waals surface area (Å²) in [5.74, 6) is 0.0507. The molecule has 0 aromatic heterocycles. The molecule has 5 rings (SSSR count). The number of hydrogen-bond donors (Lipinski definition) is 0. The molecule has 0 N–H and O–H groups in total. The van der Waals surface area contributed by atoms with Crippen LogP contribution >= 0.6 is 23.2 Å². The van der Waals surface area contributed by atoms with E-state index in [2.05, 4.69) is 144 Å². The standard InChI is InChI=1S/C46H59Cl2NO3Si2/c1-9-28-46(34-51-30-31-53(6,7)8)33-42(37-17-16-18-39(48)32-37)43(36-23-25-38(47)26-24-36)49(44(46)50)35(2)27-29-52-54(45(3,4)5,40-19-12-10-13-20-40)41-21-14-11-15-22-41/h9-26,32,35,42-43H,1,27-31,33-34H2,2-8H3/t35-,42+,43+,46-/m0/s1. The maximum Gasteiger partial charge on any atom is 0.261 e. The van der Waals surface area contributed by atoms with E-state index in [4.69, 9.17) is 32.4 Å². The second-order valence-electron chi connectivity index (χ2n) is 17.4. The first-order valence-electron chi connectivity index (χ1n) is 19.4. The zero-order valence-corrected chi connectivity index (χ0v) is 36.8. The quantitative estimate of drug-likeness (QED) is 0.0644. The van der Waals surface area contributed by atoms with Gasteiger partial charge in [-0.25, -0.2) is 0 Å². The summed E-state index contributed by atoms with van der Waals surface area (Å²) in [6.45, 7) is 21.8. The normalized spacial score (nSPS) is 20.2. The molecular formula is C46H59Cl2NO3Si2. The van der Waals surface area contributed by atoms with Crippen molar-refractivity contribution in [3.05, 3.63) is 143 Å². The number of likely N-dealkylation sites (tertiary alicyclic amines) is 1. The van der Waals surface area contributed by atoms with Gasteiger partial charge in [0.25, 0.3) is 8.32 Å². The number of ether oxygens (including phenoxy) is 1. The fourth-order valence-corrected chi connectivity index (χ4v) is 14.0. The molecular weight excluding hydrogens is 742 g/mol. The first-order valence-corrected chi connectivity index (χ1v) is 25.8. The minimum absolute atomic E-state index is 0.0526. The molecule has 0 unspecified atom stereocenters. The first kappa shape index (κ1) is 42.2. The molecule has 4 aromatic rings. The smallest absolute Gasteiger partial charge is 0.261 e. The van der Waals surface area contributed by atoms with Crippen LogP contribution in [0.5, 0.6) is 0 Å². The Morgan fingerprint density at radius 1 is 0.852 bits per heavy atom. The Hall–Kier alpha value is -2.98. The summed E-state index contributed by atoms with van der Waals surface area (Å²) in [5, 5.41) is 3.67. The first-order chi connectivity index (χ1) is 25.6. The number of halogens is 2. The Morgan fingerprint density at radius 2 is 1.46 bits per heavy atom. The highest BCUT2D eigenvalue weighted by atomic mass is 35.5. The van der Waals surface area contributed by atoms with Crippen molar-refractivity contribution in [3.8, 4) is 0 Å². The van der Waals surface area contributed by atoms with Crippen molar-refractivity contribution in [1.82, 2.24) is 4.90 Å². The van der Waals surface area contributed by atoms with E-state index in [1.807, 2.05) is 30.3 Å². The van der Waals surface area contributed by atoms with Gasteiger partial charge in [0.15, 0.2) is 0 Å². The highest BCUT2D eigenvalue weighted by Gasteiger charge is 2.54. The molecule has 1 aliphatic heterocycles. The number of piperidine rings is 1. The molecule has 4 aromatic carbocycles. The van der Waals surface area contributed by atoms with E-state index >= 15 is 4.79 Å². The lowest BCUT2D eigenvalue weighted by Gasteiger charge is -2.52. The van der Waals surface area contributed by atoms with Crippen molar-refractivity contribution >= 4 is 55.9 Å². The molecule has 288 valence electrons. The van der Waals surface area contributed by atoms with Gasteiger partial charge in [0.05, 0.1) is 18.1 Å². The number of allylic oxidation sites excluding steroid dienone is 1. The molecule has 1 aliphatic rings. The molecule has 1 saturated heterocycles. The number of amides is 1. The maximum atomic E-state index is 15.4. The van der Waals surface area contributed by atoms with Crippen LogP contribution in [0.15, 0.2) is 122 Å². The number of carbonyl (C=O) groups excluding carboxylic acids is 1. The molecule has 4 atom stereocenters. The minimum atomic E-state index is -2.78. The van der Waals surface area contributed by atoms with Crippen molar-refractivity contribution in [3.63, 3.8) is 0 Å². The van der Waals surface area contributed by atoms with E-state index in [-0.39, 0.29) is 28.9 Å². The van der Waals surface area contributed by atoms with Crippen LogP contribution in [0.4, 0.5) is 0 Å². The Morgan fingerprint density at radius 3 is 2.00 bits per heavy atom. The third-order valence-corrected chi connectivity index (χ3v) is 18.4. The van der Waals surface area contributed by atoms with E-state index in [0.717, 1.165) is 17.2 Å². The van der Waals surface area contributed by atoms with Crippen LogP contribution < -0.4 is 10.4 Å². The lowest BCUT2D eigenvalue weighted by Crippen LogP contribution is -2.66. The van der Waals surface area contributed by atoms with E-state index in [9.17, 15) is 0 Å². The lowest BCUT2D eigenvalue weighted by molar-refractivity contribution is -0.160. The average molecular weight is 801 g/mol. The molecule has 0 saturated carbocycles. The predicted octanol–water partition coefficient (Wildman–Crippen LogP) is 11.3. The minimum Gasteiger partial charge on any atom is -0.407 e. The molecule has 4 nitrogen and oxygen atoms in total. The molecule has 1 amide bonds. The Labute approximate surface area is 337 Å². The van der Waals surface area contributed by atoms with Crippen molar-refractivity contribution in [2.24, 2.45) is 5.41 Å². The molecule has 0 aliphatic carbocycles. The van der Waals surface area contributed by atoms with Crippen LogP contribution in [0.3, 0.4) is 0 Å². The third kappa shape index (κ3) is 9.51. The number of rotatable bonds is 16. The van der Waals surface area contributed by atoms with Gasteiger partial charge in [-0.05, 0) is 83.0 Å². The van der Waals surface area contributed by atoms with Crippen molar-refractivity contribution in [1.29, 1.82) is 0 Å². The highest BCUT2D eigenvalue weighted by molar-refractivity contribution is 6.99. The fraction of sp³-hybridized carbons (Fsp3) is 0.413. The summed E-state index contributed by atoms with van der Waals surface area (Å²) in [6, 6.07) is 38.2. The van der Waals surface area contributed by atoms with Crippen molar-refractivity contribution in [2.45, 2.75) is 95.7 Å². The van der Waals surface area contributed by atoms with Crippen LogP contribution in [-0.2, 0) is 14.0 Å². The van der Waals surface area contributed by atoms with Gasteiger partial charge in [-0.1, -0.05) is 155 Å². The van der Waals surface area contributed by atoms with Gasteiger partial charge in [0, 0.05) is 43.3 Å². The summed E-state index contributed by atoms with van der Waals surface area (Å²) in [6.07, 6.45) is 3.68. The van der Waals surface area contributed by atoms with E-state index in [1.165, 1.54) is 10.4 Å². The summed E-state index contributed by atoms with van der Waals surface area (Å²) in [7, 11) is -4.12. The van der Waals surface area contributed by atoms with Gasteiger partial charge in [-0.15, -0.1) is 6.58 Å². The largest absolute Gasteiger partial charge is 0.407 e. The summed E-state index contributed by atoms with van der Waals surface area (Å²) in [4.78, 5) is 17.6. The Balaban J connectivity index is 1.58. The number of benzene rings is 4. The van der Waals surface area contributed by atoms with Gasteiger partial charge in [-0.2, -0.15) is 0 Å². The van der Waals surface area contributed by atoms with Crippen molar-refractivity contribution < 1.29 is 14.0 Å². The summed E-state index contributed by atoms with van der Waals surface area (Å²) in [5.41, 5.74) is 1.36. The van der Waals surface area contributed by atoms with E-state index in [0.29, 0.717) is 49.1 Å². The second kappa shape index (κ2) is 17.9. The van der Waals surface area contributed by atoms with Crippen molar-refractivity contribution in [2.75, 3.05) is 19.8 Å². The fourth-order valence-electron chi connectivity index (χ4n) is 8.33. The average Bonchev–Trinajstić information content (AvgIpc) is 3.13. The van der Waals surface area contributed by atoms with Gasteiger partial charge >= 0.3 is 0 Å². The van der Waals surface area contributed by atoms with Gasteiger partial charge in [-0.3, -0.25) is 4.79 Å². The number of carbonyl (C=O) groups is 1. The van der Waals surface area contributed by atoms with Crippen LogP contribution in [0, 0.1) is 5.41 Å². The van der Waals surface area contributed by atoms with Crippen LogP contribution in [0.25, 0.3) is 0 Å². The Kier molecular flexibility index (Phi) is 14.0. The Bertz CT molecular complexity index is 1790. The van der Waals surface area contributed by atoms with Gasteiger partial charge in [0.1, 0.15) is 0 Å². The molecule has 1 fully saturated rings. The van der Waals surface area contributed by atoms with Gasteiger partial charge in [0.2, 0.25) is 5.91 Å². The molecule has 54 heavy (non-hydrogen) atoms. The van der Waals surface area contributed by atoms with Crippen LogP contribution in [0.2, 0.25) is 40.8 Å². The summed E-state index contributed by atoms with van der Waals surface area (Å²) < 4.78 is 13.9. The zero-order valence-electron chi connectivity index (χ0n) is 33.3. The van der Waals surface area contributed by atoms with Gasteiger partial charge < -0.3 is 14.1 Å². The SMILES string of the molecule is C=CC[C@@]1(COCC[Si](C)(C)C)C[C@H](c2cccc(Cl)c2)[C@@H](c2ccc(Cl)cc2)N([C@@H](C)CCO[Si](c2ccccc2)(c2ccccc2)C(C)(C)C)C1=O. The predicted molar refractivity (Wildman–Crippen MR) is 234 cm³/mol. The van der Waals surface area contributed by atoms with Crippen LogP contribution in [0.1, 0.15) is 70.0 Å². The maximum absolute atomic E-state index is 15.4. The topological polar surface area (TPSA) is 38.8 Å². The summed E-state index contributed by atoms with van der Waals surface area (Å²) >= 11 is 13.1. The molecule has 0 spiro atoms. The van der Waals surface area contributed by atoms with E-state index in [1.54, 1.807) is 0 Å². The van der Waals surface area contributed by atoms with Crippen LogP contribution in [-0.4, -0.2) is 53.1 Å². The molecule has 1 heterocycles. The second-order valence-corrected chi connectivity index (χ2v) is 28.2. The number of hydrogen-bond acceptors (Lipinski definition) is 3. The third-order valence-electron chi connectivity index (χ3n) is 11.1. The zero-order chi connectivity index (χ0) is 39.1. The van der Waals surface area contributed by atoms with E-state index < -0.39 is 21.8 Å². The number of nitrogens with zero attached hydrogens (tertiary/aromatic N) is 1. The lowest BCUT2D eigenvalue weighted by atomic mass is 9.66. The highest BCUT2D eigenvalue weighted by Crippen LogP contribution is 2.53. The molecule has 8 heteroatoms. The molecule has 0 radical (unpaired) electrons.